The molecule has 0 fully saturated rings. The van der Waals surface area contributed by atoms with Gasteiger partial charge in [-0.05, 0) is 18.2 Å². The van der Waals surface area contributed by atoms with Gasteiger partial charge < -0.3 is 4.74 Å². The maximum atomic E-state index is 12.9. The first kappa shape index (κ1) is 23.0. The molecule has 156 valence electrons. The number of anilines is 1. The highest BCUT2D eigenvalue weighted by molar-refractivity contribution is 7.17. The van der Waals surface area contributed by atoms with Crippen LogP contribution in [0, 0.1) is 5.41 Å². The molecule has 0 saturated carbocycles. The smallest absolute Gasteiger partial charge is 0.308 e. The molecule has 29 heavy (non-hydrogen) atoms. The number of aromatic nitrogens is 1. The summed E-state index contributed by atoms with van der Waals surface area (Å²) in [4.78, 5) is 42.1. The van der Waals surface area contributed by atoms with Crippen molar-refractivity contribution in [3.05, 3.63) is 39.4 Å². The number of hydrogen-bond donors (Lipinski definition) is 1. The van der Waals surface area contributed by atoms with Gasteiger partial charge in [0.15, 0.2) is 10.9 Å². The SMILES string of the molecule is CC(=O)Oc1ccc(Cl)cc1C(=O)Nc1nc(C(C)(C)C)c(C(=O)C(C)(C)C)s1. The molecule has 1 heterocycles. The fourth-order valence-corrected chi connectivity index (χ4v) is 3.96. The van der Waals surface area contributed by atoms with E-state index in [1.807, 2.05) is 41.5 Å². The summed E-state index contributed by atoms with van der Waals surface area (Å²) < 4.78 is 5.10. The summed E-state index contributed by atoms with van der Waals surface area (Å²) >= 11 is 7.14. The second-order valence-corrected chi connectivity index (χ2v) is 10.1. The molecular formula is C21H25ClN2O4S. The van der Waals surface area contributed by atoms with Crippen molar-refractivity contribution in [2.75, 3.05) is 5.32 Å². The summed E-state index contributed by atoms with van der Waals surface area (Å²) in [5.74, 6) is -1.03. The predicted octanol–water partition coefficient (Wildman–Crippen LogP) is 5.50. The number of ketones is 1. The Morgan fingerprint density at radius 3 is 2.24 bits per heavy atom. The van der Waals surface area contributed by atoms with Crippen LogP contribution >= 0.6 is 22.9 Å². The van der Waals surface area contributed by atoms with E-state index in [9.17, 15) is 14.4 Å². The van der Waals surface area contributed by atoms with Gasteiger partial charge in [-0.1, -0.05) is 64.5 Å². The van der Waals surface area contributed by atoms with Gasteiger partial charge in [-0.15, -0.1) is 0 Å². The van der Waals surface area contributed by atoms with Crippen LogP contribution in [0.1, 0.15) is 74.2 Å². The van der Waals surface area contributed by atoms with Crippen LogP contribution in [-0.4, -0.2) is 22.6 Å². The average molecular weight is 437 g/mol. The molecule has 6 nitrogen and oxygen atoms in total. The fraction of sp³-hybridized carbons (Fsp3) is 0.429. The van der Waals surface area contributed by atoms with Crippen molar-refractivity contribution in [3.8, 4) is 5.75 Å². The molecule has 1 aromatic heterocycles. The minimum absolute atomic E-state index is 0.0382. The molecule has 8 heteroatoms. The van der Waals surface area contributed by atoms with Gasteiger partial charge in [0.1, 0.15) is 5.75 Å². The summed E-state index contributed by atoms with van der Waals surface area (Å²) in [6.07, 6.45) is 0. The standard InChI is InChI=1S/C21H25ClN2O4S/c1-11(25)28-14-9-8-12(22)10-13(14)18(27)24-19-23-16(20(2,3)4)15(29-19)17(26)21(5,6)7/h8-10H,1-7H3,(H,23,24,27). The lowest BCUT2D eigenvalue weighted by atomic mass is 9.84. The number of hydrogen-bond acceptors (Lipinski definition) is 6. The van der Waals surface area contributed by atoms with Crippen molar-refractivity contribution in [3.63, 3.8) is 0 Å². The molecule has 0 saturated heterocycles. The second-order valence-electron chi connectivity index (χ2n) is 8.71. The van der Waals surface area contributed by atoms with E-state index in [4.69, 9.17) is 16.3 Å². The Morgan fingerprint density at radius 2 is 1.72 bits per heavy atom. The highest BCUT2D eigenvalue weighted by Gasteiger charge is 2.33. The number of rotatable bonds is 4. The third-order valence-corrected chi connectivity index (χ3v) is 5.09. The predicted molar refractivity (Wildman–Crippen MR) is 115 cm³/mol. The maximum Gasteiger partial charge on any atom is 0.308 e. The van der Waals surface area contributed by atoms with E-state index in [0.29, 0.717) is 20.7 Å². The monoisotopic (exact) mass is 436 g/mol. The fourth-order valence-electron chi connectivity index (χ4n) is 2.46. The van der Waals surface area contributed by atoms with Crippen molar-refractivity contribution in [2.24, 2.45) is 5.41 Å². The van der Waals surface area contributed by atoms with Crippen molar-refractivity contribution in [1.29, 1.82) is 0 Å². The number of halogens is 1. The van der Waals surface area contributed by atoms with E-state index in [0.717, 1.165) is 11.3 Å². The van der Waals surface area contributed by atoms with Gasteiger partial charge in [0.05, 0.1) is 16.1 Å². The van der Waals surface area contributed by atoms with Gasteiger partial charge in [-0.3, -0.25) is 19.7 Å². The summed E-state index contributed by atoms with van der Waals surface area (Å²) in [6.45, 7) is 12.7. The quantitative estimate of drug-likeness (QED) is 0.388. The second kappa shape index (κ2) is 8.24. The van der Waals surface area contributed by atoms with Gasteiger partial charge in [-0.25, -0.2) is 4.98 Å². The van der Waals surface area contributed by atoms with E-state index < -0.39 is 17.3 Å². The number of Topliss-reactive ketones (excluding diaryl/α,β-unsaturated/α-hetero) is 1. The number of ether oxygens (including phenoxy) is 1. The lowest BCUT2D eigenvalue weighted by Gasteiger charge is -2.21. The van der Waals surface area contributed by atoms with Crippen molar-refractivity contribution in [2.45, 2.75) is 53.9 Å². The van der Waals surface area contributed by atoms with Gasteiger partial charge in [0.25, 0.3) is 5.91 Å². The van der Waals surface area contributed by atoms with Crippen molar-refractivity contribution in [1.82, 2.24) is 4.98 Å². The lowest BCUT2D eigenvalue weighted by Crippen LogP contribution is -2.24. The first-order chi connectivity index (χ1) is 13.2. The topological polar surface area (TPSA) is 85.4 Å². The molecule has 1 aromatic carbocycles. The number of carbonyl (C=O) groups excluding carboxylic acids is 3. The van der Waals surface area contributed by atoms with E-state index in [1.165, 1.54) is 25.1 Å². The Labute approximate surface area is 179 Å². The molecule has 1 N–H and O–H groups in total. The summed E-state index contributed by atoms with van der Waals surface area (Å²) in [5, 5.41) is 3.32. The molecule has 0 unspecified atom stereocenters. The summed E-state index contributed by atoms with van der Waals surface area (Å²) in [7, 11) is 0. The summed E-state index contributed by atoms with van der Waals surface area (Å²) in [5.41, 5.74) is -0.231. The minimum atomic E-state index is -0.580. The number of benzene rings is 1. The van der Waals surface area contributed by atoms with Crippen LogP contribution < -0.4 is 10.1 Å². The zero-order valence-electron chi connectivity index (χ0n) is 17.6. The molecule has 2 rings (SSSR count). The molecule has 0 radical (unpaired) electrons. The molecular weight excluding hydrogens is 412 g/mol. The lowest BCUT2D eigenvalue weighted by molar-refractivity contribution is -0.131. The molecule has 0 atom stereocenters. The highest BCUT2D eigenvalue weighted by Crippen LogP contribution is 2.36. The number of nitrogens with zero attached hydrogens (tertiary/aromatic N) is 1. The molecule has 0 spiro atoms. The zero-order chi connectivity index (χ0) is 22.1. The first-order valence-corrected chi connectivity index (χ1v) is 10.2. The van der Waals surface area contributed by atoms with E-state index in [2.05, 4.69) is 10.3 Å². The maximum absolute atomic E-state index is 12.9. The van der Waals surface area contributed by atoms with Crippen LogP contribution in [0.15, 0.2) is 18.2 Å². The normalized spacial score (nSPS) is 11.9. The van der Waals surface area contributed by atoms with Gasteiger partial charge >= 0.3 is 5.97 Å². The Morgan fingerprint density at radius 1 is 1.10 bits per heavy atom. The van der Waals surface area contributed by atoms with Gasteiger partial charge in [0, 0.05) is 22.8 Å². The number of esters is 1. The number of amides is 1. The van der Waals surface area contributed by atoms with Gasteiger partial charge in [-0.2, -0.15) is 0 Å². The first-order valence-electron chi connectivity index (χ1n) is 9.05. The van der Waals surface area contributed by atoms with E-state index in [-0.39, 0.29) is 22.5 Å². The van der Waals surface area contributed by atoms with Crippen LogP contribution in [0.2, 0.25) is 5.02 Å². The molecule has 0 aliphatic rings. The third-order valence-electron chi connectivity index (χ3n) is 3.89. The van der Waals surface area contributed by atoms with Crippen LogP contribution in [0.4, 0.5) is 5.13 Å². The number of thiazole rings is 1. The van der Waals surface area contributed by atoms with Crippen LogP contribution in [0.3, 0.4) is 0 Å². The number of carbonyl (C=O) groups is 3. The molecule has 1 amide bonds. The van der Waals surface area contributed by atoms with E-state index in [1.54, 1.807) is 0 Å². The van der Waals surface area contributed by atoms with Crippen LogP contribution in [-0.2, 0) is 10.2 Å². The summed E-state index contributed by atoms with van der Waals surface area (Å²) in [6, 6.07) is 4.39. The Balaban J connectivity index is 2.44. The Bertz CT molecular complexity index is 968. The van der Waals surface area contributed by atoms with E-state index >= 15 is 0 Å². The average Bonchev–Trinajstić information content (AvgIpc) is 2.98. The van der Waals surface area contributed by atoms with Crippen LogP contribution in [0.5, 0.6) is 5.75 Å². The Kier molecular flexibility index (Phi) is 6.55. The van der Waals surface area contributed by atoms with Crippen LogP contribution in [0.25, 0.3) is 0 Å². The van der Waals surface area contributed by atoms with Crippen molar-refractivity contribution < 1.29 is 19.1 Å². The molecule has 0 aliphatic heterocycles. The Hall–Kier alpha value is -2.25. The number of nitrogens with one attached hydrogen (secondary N) is 1. The highest BCUT2D eigenvalue weighted by atomic mass is 35.5. The zero-order valence-corrected chi connectivity index (χ0v) is 19.2. The molecule has 2 aromatic rings. The minimum Gasteiger partial charge on any atom is -0.426 e. The third kappa shape index (κ3) is 5.64. The van der Waals surface area contributed by atoms with Crippen molar-refractivity contribution >= 4 is 45.7 Å². The molecule has 0 bridgehead atoms. The van der Waals surface area contributed by atoms with Gasteiger partial charge in [0.2, 0.25) is 0 Å². The molecule has 0 aliphatic carbocycles. The largest absolute Gasteiger partial charge is 0.426 e.